The topological polar surface area (TPSA) is 79.4 Å². The highest BCUT2D eigenvalue weighted by molar-refractivity contribution is 7.98. The lowest BCUT2D eigenvalue weighted by molar-refractivity contribution is 0.0642. The summed E-state index contributed by atoms with van der Waals surface area (Å²) in [7, 11) is 0. The predicted octanol–water partition coefficient (Wildman–Crippen LogP) is 5.42. The first-order chi connectivity index (χ1) is 17.1. The van der Waals surface area contributed by atoms with Crippen molar-refractivity contribution < 1.29 is 14.4 Å². The minimum absolute atomic E-state index is 0.157. The standard InChI is InChI=1S/C28H21N3O3S/c32-26(30-22-7-5-6-20(16-22)18-35-25-10-3-4-15-29-25)21-13-11-19(12-14-21)17-31-27(33)23-8-1-2-9-24(23)28(31)34/h1-16H,17-18H2,(H,30,32). The summed E-state index contributed by atoms with van der Waals surface area (Å²) in [4.78, 5) is 43.5. The van der Waals surface area contributed by atoms with E-state index in [0.717, 1.165) is 21.9 Å². The van der Waals surface area contributed by atoms with Crippen molar-refractivity contribution in [3.8, 4) is 0 Å². The summed E-state index contributed by atoms with van der Waals surface area (Å²) in [5.74, 6) is -0.0819. The molecular weight excluding hydrogens is 458 g/mol. The van der Waals surface area contributed by atoms with Gasteiger partial charge in [-0.1, -0.05) is 42.5 Å². The highest BCUT2D eigenvalue weighted by atomic mass is 32.2. The van der Waals surface area contributed by atoms with Gasteiger partial charge >= 0.3 is 0 Å². The van der Waals surface area contributed by atoms with Crippen LogP contribution in [0.1, 0.15) is 42.2 Å². The fourth-order valence-corrected chi connectivity index (χ4v) is 4.66. The molecule has 0 aliphatic carbocycles. The van der Waals surface area contributed by atoms with E-state index in [9.17, 15) is 14.4 Å². The normalized spacial score (nSPS) is 12.5. The van der Waals surface area contributed by atoms with Crippen molar-refractivity contribution in [1.82, 2.24) is 9.88 Å². The molecule has 0 atom stereocenters. The molecule has 1 aliphatic heterocycles. The van der Waals surface area contributed by atoms with E-state index >= 15 is 0 Å². The van der Waals surface area contributed by atoms with Crippen LogP contribution in [0.5, 0.6) is 0 Å². The summed E-state index contributed by atoms with van der Waals surface area (Å²) in [5, 5.41) is 3.88. The van der Waals surface area contributed by atoms with Gasteiger partial charge in [0.25, 0.3) is 17.7 Å². The molecule has 0 spiro atoms. The van der Waals surface area contributed by atoms with Gasteiger partial charge in [-0.15, -0.1) is 11.8 Å². The van der Waals surface area contributed by atoms with Gasteiger partial charge in [-0.2, -0.15) is 0 Å². The third-order valence-electron chi connectivity index (χ3n) is 5.64. The molecule has 6 nitrogen and oxygen atoms in total. The molecule has 5 rings (SSSR count). The Morgan fingerprint density at radius 3 is 2.20 bits per heavy atom. The van der Waals surface area contributed by atoms with Gasteiger partial charge in [0.2, 0.25) is 0 Å². The highest BCUT2D eigenvalue weighted by Gasteiger charge is 2.34. The van der Waals surface area contributed by atoms with E-state index in [-0.39, 0.29) is 24.3 Å². The van der Waals surface area contributed by atoms with Crippen LogP contribution >= 0.6 is 11.8 Å². The van der Waals surface area contributed by atoms with Crippen LogP contribution in [0.25, 0.3) is 0 Å². The number of thioether (sulfide) groups is 1. The number of amides is 3. The first kappa shape index (κ1) is 22.6. The molecule has 2 heterocycles. The zero-order valence-electron chi connectivity index (χ0n) is 18.7. The van der Waals surface area contributed by atoms with Crippen molar-refractivity contribution in [2.75, 3.05) is 5.32 Å². The Morgan fingerprint density at radius 2 is 1.51 bits per heavy atom. The number of hydrogen-bond donors (Lipinski definition) is 1. The van der Waals surface area contributed by atoms with Gasteiger partial charge in [-0.25, -0.2) is 4.98 Å². The summed E-state index contributed by atoms with van der Waals surface area (Å²) in [5.41, 5.74) is 3.90. The smallest absolute Gasteiger partial charge is 0.261 e. The summed E-state index contributed by atoms with van der Waals surface area (Å²) in [6.07, 6.45) is 1.77. The summed E-state index contributed by atoms with van der Waals surface area (Å²) in [6.45, 7) is 0.157. The quantitative estimate of drug-likeness (QED) is 0.283. The number of anilines is 1. The maximum Gasteiger partial charge on any atom is 0.261 e. The molecule has 0 saturated heterocycles. The summed E-state index contributed by atoms with van der Waals surface area (Å²) in [6, 6.07) is 27.3. The van der Waals surface area contributed by atoms with E-state index in [1.165, 1.54) is 4.90 Å². The molecule has 0 fully saturated rings. The zero-order chi connectivity index (χ0) is 24.2. The van der Waals surface area contributed by atoms with Gasteiger partial charge in [0.05, 0.1) is 22.7 Å². The van der Waals surface area contributed by atoms with Gasteiger partial charge < -0.3 is 5.32 Å². The summed E-state index contributed by atoms with van der Waals surface area (Å²) < 4.78 is 0. The lowest BCUT2D eigenvalue weighted by Crippen LogP contribution is -2.29. The van der Waals surface area contributed by atoms with Crippen molar-refractivity contribution in [3.05, 3.63) is 125 Å². The minimum Gasteiger partial charge on any atom is -0.322 e. The Kier molecular flexibility index (Phi) is 6.41. The van der Waals surface area contributed by atoms with Crippen LogP contribution in [0, 0.1) is 0 Å². The Balaban J connectivity index is 1.21. The largest absolute Gasteiger partial charge is 0.322 e. The molecule has 4 aromatic rings. The van der Waals surface area contributed by atoms with Crippen LogP contribution in [0.15, 0.2) is 102 Å². The molecule has 1 N–H and O–H groups in total. The van der Waals surface area contributed by atoms with Gasteiger partial charge in [-0.05, 0) is 59.7 Å². The number of benzene rings is 3. The number of carbonyl (C=O) groups is 3. The van der Waals surface area contributed by atoms with Gasteiger partial charge in [0.1, 0.15) is 0 Å². The van der Waals surface area contributed by atoms with Gasteiger partial charge in [-0.3, -0.25) is 19.3 Å². The molecule has 172 valence electrons. The lowest BCUT2D eigenvalue weighted by atomic mass is 10.1. The van der Waals surface area contributed by atoms with Crippen molar-refractivity contribution in [2.45, 2.75) is 17.3 Å². The molecule has 3 amide bonds. The third kappa shape index (κ3) is 5.00. The maximum absolute atomic E-state index is 12.8. The molecule has 0 saturated carbocycles. The highest BCUT2D eigenvalue weighted by Crippen LogP contribution is 2.25. The molecule has 1 aliphatic rings. The van der Waals surface area contributed by atoms with E-state index < -0.39 is 0 Å². The monoisotopic (exact) mass is 479 g/mol. The Bertz CT molecular complexity index is 1370. The second-order valence-electron chi connectivity index (χ2n) is 8.05. The first-order valence-corrected chi connectivity index (χ1v) is 12.1. The van der Waals surface area contributed by atoms with E-state index in [0.29, 0.717) is 22.4 Å². The molecule has 35 heavy (non-hydrogen) atoms. The number of rotatable bonds is 7. The van der Waals surface area contributed by atoms with Gasteiger partial charge in [0.15, 0.2) is 0 Å². The van der Waals surface area contributed by atoms with Crippen LogP contribution in [0.4, 0.5) is 5.69 Å². The van der Waals surface area contributed by atoms with Crippen LogP contribution < -0.4 is 5.32 Å². The molecule has 7 heteroatoms. The fraction of sp³-hybridized carbons (Fsp3) is 0.0714. The molecule has 0 bridgehead atoms. The number of carbonyl (C=O) groups excluding carboxylic acids is 3. The number of aromatic nitrogens is 1. The van der Waals surface area contributed by atoms with E-state index in [4.69, 9.17) is 0 Å². The maximum atomic E-state index is 12.8. The lowest BCUT2D eigenvalue weighted by Gasteiger charge is -2.14. The van der Waals surface area contributed by atoms with Crippen LogP contribution in [0.3, 0.4) is 0 Å². The fourth-order valence-electron chi connectivity index (χ4n) is 3.86. The number of imide groups is 1. The predicted molar refractivity (Wildman–Crippen MR) is 135 cm³/mol. The molecule has 1 aromatic heterocycles. The second kappa shape index (κ2) is 9.95. The number of nitrogens with one attached hydrogen (secondary N) is 1. The van der Waals surface area contributed by atoms with Crippen molar-refractivity contribution in [1.29, 1.82) is 0 Å². The van der Waals surface area contributed by atoms with Crippen LogP contribution in [-0.2, 0) is 12.3 Å². The Hall–Kier alpha value is -4.23. The average molecular weight is 480 g/mol. The third-order valence-corrected chi connectivity index (χ3v) is 6.66. The first-order valence-electron chi connectivity index (χ1n) is 11.1. The SMILES string of the molecule is O=C(Nc1cccc(CSc2ccccn2)c1)c1ccc(CN2C(=O)c3ccccc3C2=O)cc1. The summed E-state index contributed by atoms with van der Waals surface area (Å²) >= 11 is 1.63. The number of hydrogen-bond acceptors (Lipinski definition) is 5. The Labute approximate surface area is 207 Å². The molecule has 3 aromatic carbocycles. The number of fused-ring (bicyclic) bond motifs is 1. The number of nitrogens with zero attached hydrogens (tertiary/aromatic N) is 2. The zero-order valence-corrected chi connectivity index (χ0v) is 19.5. The van der Waals surface area contributed by atoms with E-state index in [1.54, 1.807) is 66.5 Å². The van der Waals surface area contributed by atoms with Crippen molar-refractivity contribution >= 4 is 35.2 Å². The molecular formula is C28H21N3O3S. The van der Waals surface area contributed by atoms with E-state index in [1.807, 2.05) is 42.5 Å². The van der Waals surface area contributed by atoms with E-state index in [2.05, 4.69) is 10.3 Å². The van der Waals surface area contributed by atoms with Crippen LogP contribution in [0.2, 0.25) is 0 Å². The minimum atomic E-state index is -0.298. The number of pyridine rings is 1. The van der Waals surface area contributed by atoms with Crippen molar-refractivity contribution in [2.24, 2.45) is 0 Å². The van der Waals surface area contributed by atoms with Crippen LogP contribution in [-0.4, -0.2) is 27.6 Å². The van der Waals surface area contributed by atoms with Crippen molar-refractivity contribution in [3.63, 3.8) is 0 Å². The Morgan fingerprint density at radius 1 is 0.800 bits per heavy atom. The van der Waals surface area contributed by atoms with Gasteiger partial charge in [0, 0.05) is 23.2 Å². The average Bonchev–Trinajstić information content (AvgIpc) is 3.14. The molecule has 0 unspecified atom stereocenters. The molecule has 0 radical (unpaired) electrons. The second-order valence-corrected chi connectivity index (χ2v) is 9.05.